The quantitative estimate of drug-likeness (QED) is 0.149. The molecular weight excluding hydrogens is 597 g/mol. The molecule has 0 aliphatic rings. The fraction of sp³-hybridized carbons (Fsp3) is 0.233. The summed E-state index contributed by atoms with van der Waals surface area (Å²) in [6, 6.07) is 9.84. The predicted molar refractivity (Wildman–Crippen MR) is 161 cm³/mol. The minimum absolute atomic E-state index is 0.0246. The SMILES string of the molecule is Cc1cc(Oc2c(F)cccc2F)ncc1-n1ncc(C(=O)c2cc3cc(C(C)C)c(NS(=O)(=O)CCCF)cc3[nH]2)c1N. The maximum absolute atomic E-state index is 14.0. The van der Waals surface area contributed by atoms with Crippen LogP contribution in [-0.4, -0.2) is 46.4 Å². The number of nitrogens with one attached hydrogen (secondary N) is 2. The highest BCUT2D eigenvalue weighted by atomic mass is 32.2. The standard InChI is InChI=1S/C30H29F3N6O4S/c1-16(2)19-11-18-12-25(37-23(18)13-24(19)38-44(41,42)9-5-8-31)28(40)20-14-36-39(30(20)34)26-15-35-27(10-17(26)3)43-29-21(32)6-4-7-22(29)33/h4,6-7,10-16,37-38H,5,8-9,34H2,1-3H3. The van der Waals surface area contributed by atoms with Gasteiger partial charge < -0.3 is 15.5 Å². The second-order valence-electron chi connectivity index (χ2n) is 10.5. The van der Waals surface area contributed by atoms with Gasteiger partial charge in [0.25, 0.3) is 0 Å². The lowest BCUT2D eigenvalue weighted by atomic mass is 9.99. The minimum atomic E-state index is -3.77. The number of aromatic amines is 1. The smallest absolute Gasteiger partial charge is 0.232 e. The molecule has 10 nitrogen and oxygen atoms in total. The number of pyridine rings is 1. The van der Waals surface area contributed by atoms with Gasteiger partial charge in [0, 0.05) is 17.0 Å². The zero-order valence-corrected chi connectivity index (χ0v) is 24.8. The first-order valence-corrected chi connectivity index (χ1v) is 15.2. The number of fused-ring (bicyclic) bond motifs is 1. The maximum Gasteiger partial charge on any atom is 0.232 e. The number of nitrogens with two attached hydrogens (primary N) is 1. The van der Waals surface area contributed by atoms with Crippen molar-refractivity contribution in [2.24, 2.45) is 0 Å². The lowest BCUT2D eigenvalue weighted by molar-refractivity contribution is 0.103. The molecule has 230 valence electrons. The van der Waals surface area contributed by atoms with Crippen LogP contribution in [0.15, 0.2) is 54.9 Å². The number of aryl methyl sites for hydroxylation is 1. The molecule has 5 aromatic rings. The minimum Gasteiger partial charge on any atom is -0.433 e. The first-order valence-electron chi connectivity index (χ1n) is 13.6. The van der Waals surface area contributed by atoms with Crippen molar-refractivity contribution in [2.75, 3.05) is 22.9 Å². The number of nitrogen functional groups attached to an aromatic ring is 1. The molecule has 0 fully saturated rings. The molecule has 0 spiro atoms. The van der Waals surface area contributed by atoms with Crippen LogP contribution in [0.5, 0.6) is 11.6 Å². The van der Waals surface area contributed by atoms with Crippen LogP contribution in [0.1, 0.15) is 53.4 Å². The summed E-state index contributed by atoms with van der Waals surface area (Å²) in [6.45, 7) is 4.76. The number of sulfonamides is 1. The van der Waals surface area contributed by atoms with E-state index in [2.05, 4.69) is 19.8 Å². The average Bonchev–Trinajstić information content (AvgIpc) is 3.56. The van der Waals surface area contributed by atoms with Gasteiger partial charge in [-0.3, -0.25) is 13.9 Å². The third-order valence-corrected chi connectivity index (χ3v) is 8.29. The Hall–Kier alpha value is -4.85. The lowest BCUT2D eigenvalue weighted by Gasteiger charge is -2.15. The molecule has 0 aliphatic heterocycles. The molecule has 14 heteroatoms. The number of alkyl halides is 1. The molecule has 5 rings (SSSR count). The van der Waals surface area contributed by atoms with Gasteiger partial charge in [-0.25, -0.2) is 26.9 Å². The summed E-state index contributed by atoms with van der Waals surface area (Å²) in [5.74, 6) is -3.24. The zero-order chi connectivity index (χ0) is 31.8. The Labute approximate surface area is 251 Å². The summed E-state index contributed by atoms with van der Waals surface area (Å²) in [6.07, 6.45) is 2.55. The second-order valence-corrected chi connectivity index (χ2v) is 12.3. The summed E-state index contributed by atoms with van der Waals surface area (Å²) in [5.41, 5.74) is 9.15. The van der Waals surface area contributed by atoms with Crippen LogP contribution in [0.3, 0.4) is 0 Å². The number of ketones is 1. The fourth-order valence-electron chi connectivity index (χ4n) is 4.70. The fourth-order valence-corrected chi connectivity index (χ4v) is 5.81. The Kier molecular flexibility index (Phi) is 8.37. The number of nitrogens with zero attached hydrogens (tertiary/aromatic N) is 3. The van der Waals surface area contributed by atoms with E-state index in [0.29, 0.717) is 33.4 Å². The number of para-hydroxylation sites is 1. The van der Waals surface area contributed by atoms with Crippen LogP contribution < -0.4 is 15.2 Å². The van der Waals surface area contributed by atoms with Crippen LogP contribution >= 0.6 is 0 Å². The number of carbonyl (C=O) groups is 1. The van der Waals surface area contributed by atoms with Crippen molar-refractivity contribution in [1.82, 2.24) is 19.7 Å². The van der Waals surface area contributed by atoms with Crippen molar-refractivity contribution < 1.29 is 31.1 Å². The van der Waals surface area contributed by atoms with Gasteiger partial charge in [0.05, 0.1) is 47.5 Å². The van der Waals surface area contributed by atoms with Crippen LogP contribution in [0.4, 0.5) is 24.7 Å². The van der Waals surface area contributed by atoms with E-state index in [0.717, 1.165) is 12.1 Å². The van der Waals surface area contributed by atoms with Crippen LogP contribution in [0, 0.1) is 18.6 Å². The number of benzene rings is 2. The molecule has 0 bridgehead atoms. The molecule has 3 aromatic heterocycles. The normalized spacial score (nSPS) is 11.8. The molecule has 0 amide bonds. The van der Waals surface area contributed by atoms with E-state index in [9.17, 15) is 26.4 Å². The number of hydrogen-bond acceptors (Lipinski definition) is 7. The van der Waals surface area contributed by atoms with Gasteiger partial charge in [-0.1, -0.05) is 19.9 Å². The molecule has 0 radical (unpaired) electrons. The second kappa shape index (κ2) is 12.0. The van der Waals surface area contributed by atoms with Crippen LogP contribution in [0.2, 0.25) is 0 Å². The first kappa shape index (κ1) is 30.6. The van der Waals surface area contributed by atoms with Gasteiger partial charge in [-0.2, -0.15) is 5.10 Å². The molecule has 3 heterocycles. The molecule has 4 N–H and O–H groups in total. The van der Waals surface area contributed by atoms with Gasteiger partial charge in [0.1, 0.15) is 5.82 Å². The number of anilines is 2. The van der Waals surface area contributed by atoms with Crippen molar-refractivity contribution in [2.45, 2.75) is 33.1 Å². The van der Waals surface area contributed by atoms with E-state index in [-0.39, 0.29) is 41.0 Å². The highest BCUT2D eigenvalue weighted by Crippen LogP contribution is 2.33. The predicted octanol–water partition coefficient (Wildman–Crippen LogP) is 6.17. The van der Waals surface area contributed by atoms with Crippen LogP contribution in [0.25, 0.3) is 16.6 Å². The molecule has 0 atom stereocenters. The monoisotopic (exact) mass is 626 g/mol. The highest BCUT2D eigenvalue weighted by Gasteiger charge is 2.23. The third kappa shape index (κ3) is 6.11. The van der Waals surface area contributed by atoms with Gasteiger partial charge in [0.2, 0.25) is 27.4 Å². The number of H-pyrrole nitrogens is 1. The Balaban J connectivity index is 1.43. The summed E-state index contributed by atoms with van der Waals surface area (Å²) in [7, 11) is -3.77. The maximum atomic E-state index is 14.0. The summed E-state index contributed by atoms with van der Waals surface area (Å²) in [5, 5.41) is 4.94. The number of rotatable bonds is 11. The molecular formula is C30H29F3N6O4S. The van der Waals surface area contributed by atoms with E-state index in [1.165, 1.54) is 29.2 Å². The van der Waals surface area contributed by atoms with Crippen molar-refractivity contribution in [3.8, 4) is 17.3 Å². The van der Waals surface area contributed by atoms with Gasteiger partial charge in [0.15, 0.2) is 11.6 Å². The highest BCUT2D eigenvalue weighted by molar-refractivity contribution is 7.92. The molecule has 0 saturated carbocycles. The third-order valence-electron chi connectivity index (χ3n) is 6.93. The van der Waals surface area contributed by atoms with E-state index in [1.807, 2.05) is 13.8 Å². The Bertz CT molecular complexity index is 1970. The lowest BCUT2D eigenvalue weighted by Crippen LogP contribution is -2.18. The van der Waals surface area contributed by atoms with E-state index in [1.54, 1.807) is 25.1 Å². The first-order chi connectivity index (χ1) is 20.9. The summed E-state index contributed by atoms with van der Waals surface area (Å²) in [4.78, 5) is 20.7. The summed E-state index contributed by atoms with van der Waals surface area (Å²) < 4.78 is 74.7. The number of ether oxygens (including phenoxy) is 1. The Morgan fingerprint density at radius 2 is 1.86 bits per heavy atom. The zero-order valence-electron chi connectivity index (χ0n) is 24.0. The van der Waals surface area contributed by atoms with Gasteiger partial charge >= 0.3 is 0 Å². The number of carbonyl (C=O) groups excluding carboxylic acids is 1. The number of hydrogen-bond donors (Lipinski definition) is 3. The van der Waals surface area contributed by atoms with E-state index < -0.39 is 39.9 Å². The Morgan fingerprint density at radius 1 is 1.14 bits per heavy atom. The van der Waals surface area contributed by atoms with Gasteiger partial charge in [-0.05, 0) is 60.7 Å². The molecule has 2 aromatic carbocycles. The van der Waals surface area contributed by atoms with Crippen molar-refractivity contribution >= 4 is 38.2 Å². The molecule has 0 aliphatic carbocycles. The number of halogens is 3. The molecule has 44 heavy (non-hydrogen) atoms. The van der Waals surface area contributed by atoms with Crippen molar-refractivity contribution in [1.29, 1.82) is 0 Å². The largest absolute Gasteiger partial charge is 0.433 e. The topological polar surface area (TPSA) is 145 Å². The van der Waals surface area contributed by atoms with Crippen LogP contribution in [-0.2, 0) is 10.0 Å². The average molecular weight is 627 g/mol. The number of aromatic nitrogens is 4. The molecule has 0 saturated heterocycles. The Morgan fingerprint density at radius 3 is 2.52 bits per heavy atom. The van der Waals surface area contributed by atoms with E-state index in [4.69, 9.17) is 10.5 Å². The van der Waals surface area contributed by atoms with Crippen molar-refractivity contribution in [3.05, 3.63) is 88.9 Å². The van der Waals surface area contributed by atoms with E-state index >= 15 is 0 Å². The van der Waals surface area contributed by atoms with Gasteiger partial charge in [-0.15, -0.1) is 0 Å². The summed E-state index contributed by atoms with van der Waals surface area (Å²) >= 11 is 0. The van der Waals surface area contributed by atoms with Crippen molar-refractivity contribution in [3.63, 3.8) is 0 Å². The molecule has 0 unspecified atom stereocenters.